The van der Waals surface area contributed by atoms with E-state index in [0.29, 0.717) is 34.6 Å². The highest BCUT2D eigenvalue weighted by Crippen LogP contribution is 2.40. The highest BCUT2D eigenvalue weighted by Gasteiger charge is 2.37. The van der Waals surface area contributed by atoms with Crippen molar-refractivity contribution in [3.63, 3.8) is 0 Å². The number of nitrogens with zero attached hydrogens (tertiary/aromatic N) is 4. The van der Waals surface area contributed by atoms with Crippen LogP contribution in [0.5, 0.6) is 0 Å². The Kier molecular flexibility index (Phi) is 7.01. The quantitative estimate of drug-likeness (QED) is 0.270. The Morgan fingerprint density at radius 1 is 0.949 bits per heavy atom. The van der Waals surface area contributed by atoms with Gasteiger partial charge < -0.3 is 19.1 Å². The fraction of sp³-hybridized carbons (Fsp3) is 0.241. The number of aryl methyl sites for hydroxylation is 1. The van der Waals surface area contributed by atoms with Crippen molar-refractivity contribution in [3.05, 3.63) is 107 Å². The van der Waals surface area contributed by atoms with Crippen LogP contribution in [-0.4, -0.2) is 43.5 Å². The number of rotatable bonds is 7. The number of thioether (sulfide) groups is 1. The molecule has 2 aliphatic rings. The van der Waals surface area contributed by atoms with Crippen LogP contribution >= 0.6 is 11.8 Å². The number of aliphatic hydroxyl groups is 1. The summed E-state index contributed by atoms with van der Waals surface area (Å²) in [4.78, 5) is 27.3. The Labute approximate surface area is 229 Å². The largest absolute Gasteiger partial charge is 0.392 e. The minimum absolute atomic E-state index is 0.0287. The van der Waals surface area contributed by atoms with Crippen LogP contribution in [-0.2, 0) is 23.1 Å². The van der Waals surface area contributed by atoms with Gasteiger partial charge in [0.15, 0.2) is 11.4 Å². The van der Waals surface area contributed by atoms with Crippen LogP contribution in [0.4, 0.5) is 5.69 Å². The summed E-state index contributed by atoms with van der Waals surface area (Å²) in [6.07, 6.45) is 1.13. The average Bonchev–Trinajstić information content (AvgIpc) is 3.51. The normalized spacial score (nSPS) is 20.9. The number of aliphatic hydroxyl groups excluding tert-OH is 1. The van der Waals surface area contributed by atoms with Gasteiger partial charge in [-0.1, -0.05) is 60.3 Å². The van der Waals surface area contributed by atoms with Gasteiger partial charge in [0.25, 0.3) is 11.8 Å². The number of carbonyl (C=O) groups excluding carboxylic acids is 2. The number of benzene rings is 3. The number of amides is 2. The zero-order valence-corrected chi connectivity index (χ0v) is 22.0. The number of hydrogen-bond donors (Lipinski definition) is 1. The van der Waals surface area contributed by atoms with Gasteiger partial charge in [0.2, 0.25) is 0 Å². The second kappa shape index (κ2) is 10.7. The van der Waals surface area contributed by atoms with E-state index in [0.717, 1.165) is 16.3 Å². The summed E-state index contributed by atoms with van der Waals surface area (Å²) in [5.74, 6) is -0.0634. The summed E-state index contributed by atoms with van der Waals surface area (Å²) in [5, 5.41) is 18.3. The predicted octanol–water partition coefficient (Wildman–Crippen LogP) is 4.45. The number of carbonyl (C=O) groups is 2. The van der Waals surface area contributed by atoms with Crippen LogP contribution in [0.2, 0.25) is 0 Å². The number of anilines is 1. The molecule has 3 heterocycles. The maximum atomic E-state index is 13.1. The van der Waals surface area contributed by atoms with E-state index in [-0.39, 0.29) is 30.6 Å². The van der Waals surface area contributed by atoms with E-state index < -0.39 is 6.29 Å². The van der Waals surface area contributed by atoms with Gasteiger partial charge in [-0.15, -0.1) is 10.2 Å². The van der Waals surface area contributed by atoms with Gasteiger partial charge in [-0.2, -0.15) is 0 Å². The Balaban J connectivity index is 1.28. The topological polar surface area (TPSA) is 107 Å². The first-order valence-electron chi connectivity index (χ1n) is 12.6. The Morgan fingerprint density at radius 2 is 1.69 bits per heavy atom. The van der Waals surface area contributed by atoms with E-state index in [4.69, 9.17) is 9.47 Å². The first-order valence-corrected chi connectivity index (χ1v) is 13.6. The molecule has 1 aromatic heterocycles. The maximum absolute atomic E-state index is 13.1. The number of imide groups is 1. The van der Waals surface area contributed by atoms with E-state index >= 15 is 0 Å². The second-order valence-corrected chi connectivity index (χ2v) is 10.5. The van der Waals surface area contributed by atoms with Crippen molar-refractivity contribution in [1.29, 1.82) is 0 Å². The molecule has 39 heavy (non-hydrogen) atoms. The summed E-state index contributed by atoms with van der Waals surface area (Å²) in [7, 11) is 1.90. The lowest BCUT2D eigenvalue weighted by molar-refractivity contribution is -0.245. The molecule has 6 rings (SSSR count). The molecular weight excluding hydrogens is 516 g/mol. The van der Waals surface area contributed by atoms with Crippen LogP contribution in [0.1, 0.15) is 56.2 Å². The molecule has 1 N–H and O–H groups in total. The molecule has 2 amide bonds. The van der Waals surface area contributed by atoms with Crippen molar-refractivity contribution in [3.8, 4) is 0 Å². The number of hydrogen-bond acceptors (Lipinski definition) is 8. The number of fused-ring (bicyclic) bond motifs is 1. The molecule has 1 saturated heterocycles. The minimum Gasteiger partial charge on any atom is -0.392 e. The lowest BCUT2D eigenvalue weighted by Crippen LogP contribution is -2.32. The van der Waals surface area contributed by atoms with Crippen molar-refractivity contribution in [2.75, 3.05) is 10.7 Å². The molecule has 0 unspecified atom stereocenters. The molecule has 0 radical (unpaired) electrons. The van der Waals surface area contributed by atoms with Crippen LogP contribution in [0, 0.1) is 0 Å². The van der Waals surface area contributed by atoms with Gasteiger partial charge in [0, 0.05) is 24.8 Å². The molecular formula is C29H26N4O5S. The smallest absolute Gasteiger partial charge is 0.266 e. The monoisotopic (exact) mass is 542 g/mol. The van der Waals surface area contributed by atoms with Crippen LogP contribution in [0.3, 0.4) is 0 Å². The predicted molar refractivity (Wildman–Crippen MR) is 144 cm³/mol. The summed E-state index contributed by atoms with van der Waals surface area (Å²) in [6, 6.07) is 21.7. The second-order valence-electron chi connectivity index (χ2n) is 9.47. The molecule has 10 heteroatoms. The third kappa shape index (κ3) is 4.99. The molecule has 3 aromatic carbocycles. The molecule has 0 saturated carbocycles. The fourth-order valence-corrected chi connectivity index (χ4v) is 5.73. The van der Waals surface area contributed by atoms with Gasteiger partial charge in [0.1, 0.15) is 6.33 Å². The van der Waals surface area contributed by atoms with Gasteiger partial charge in [0.05, 0.1) is 35.6 Å². The van der Waals surface area contributed by atoms with Crippen molar-refractivity contribution in [2.24, 2.45) is 7.05 Å². The molecule has 9 nitrogen and oxygen atoms in total. The highest BCUT2D eigenvalue weighted by atomic mass is 32.2. The lowest BCUT2D eigenvalue weighted by Gasteiger charge is -2.36. The standard InChI is InChI=1S/C29H26N4O5S/c1-32-17-30-31-29(32)39-16-22-14-25(19-11-9-18(15-34)10-12-19)38-28(37-22)20-5-4-6-21(13-20)33-26(35)23-7-2-3-8-24(23)27(33)36/h2-13,17,22,25,28,34H,14-16H2,1H3/t22-,25+,28+/m1/s1. The van der Waals surface area contributed by atoms with E-state index in [1.54, 1.807) is 60.6 Å². The number of aromatic nitrogens is 3. The van der Waals surface area contributed by atoms with Crippen LogP contribution in [0.15, 0.2) is 84.3 Å². The first kappa shape index (κ1) is 25.4. The molecule has 2 aliphatic heterocycles. The molecule has 3 atom stereocenters. The zero-order chi connectivity index (χ0) is 26.9. The van der Waals surface area contributed by atoms with Gasteiger partial charge in [-0.25, -0.2) is 4.90 Å². The van der Waals surface area contributed by atoms with Gasteiger partial charge in [-0.05, 0) is 35.4 Å². The molecule has 4 aromatic rings. The molecule has 0 aliphatic carbocycles. The average molecular weight is 543 g/mol. The van der Waals surface area contributed by atoms with Crippen molar-refractivity contribution >= 4 is 29.3 Å². The van der Waals surface area contributed by atoms with Crippen molar-refractivity contribution in [1.82, 2.24) is 14.8 Å². The Morgan fingerprint density at radius 3 is 2.36 bits per heavy atom. The SMILES string of the molecule is Cn1cnnc1SC[C@H]1C[C@@H](c2ccc(CO)cc2)O[C@@H](c2cccc(N3C(=O)c4ccccc4C3=O)c2)O1. The third-order valence-corrected chi connectivity index (χ3v) is 8.04. The maximum Gasteiger partial charge on any atom is 0.266 e. The molecule has 0 spiro atoms. The summed E-state index contributed by atoms with van der Waals surface area (Å²) < 4.78 is 14.7. The highest BCUT2D eigenvalue weighted by molar-refractivity contribution is 7.99. The van der Waals surface area contributed by atoms with E-state index in [1.807, 2.05) is 41.9 Å². The molecule has 198 valence electrons. The minimum atomic E-state index is -0.721. The summed E-state index contributed by atoms with van der Waals surface area (Å²) in [6.45, 7) is -0.0287. The first-order chi connectivity index (χ1) is 19.0. The number of ether oxygens (including phenoxy) is 2. The third-order valence-electron chi connectivity index (χ3n) is 6.88. The van der Waals surface area contributed by atoms with E-state index in [2.05, 4.69) is 10.2 Å². The lowest BCUT2D eigenvalue weighted by atomic mass is 10.0. The van der Waals surface area contributed by atoms with E-state index in [1.165, 1.54) is 4.90 Å². The van der Waals surface area contributed by atoms with Gasteiger partial charge in [-0.3, -0.25) is 9.59 Å². The van der Waals surface area contributed by atoms with Crippen molar-refractivity contribution < 1.29 is 24.2 Å². The molecule has 0 bridgehead atoms. The summed E-state index contributed by atoms with van der Waals surface area (Å²) in [5.41, 5.74) is 3.76. The Bertz CT molecular complexity index is 1490. The zero-order valence-electron chi connectivity index (χ0n) is 21.1. The summed E-state index contributed by atoms with van der Waals surface area (Å²) >= 11 is 1.56. The fourth-order valence-electron chi connectivity index (χ4n) is 4.83. The van der Waals surface area contributed by atoms with Crippen LogP contribution in [0.25, 0.3) is 0 Å². The van der Waals surface area contributed by atoms with Crippen molar-refractivity contribution in [2.45, 2.75) is 36.7 Å². The Hall–Kier alpha value is -3.83. The van der Waals surface area contributed by atoms with E-state index in [9.17, 15) is 14.7 Å². The van der Waals surface area contributed by atoms with Gasteiger partial charge >= 0.3 is 0 Å². The van der Waals surface area contributed by atoms with Crippen LogP contribution < -0.4 is 4.90 Å². The molecule has 1 fully saturated rings.